The summed E-state index contributed by atoms with van der Waals surface area (Å²) in [4.78, 5) is 17.0. The van der Waals surface area contributed by atoms with E-state index in [-0.39, 0.29) is 0 Å². The lowest BCUT2D eigenvalue weighted by Gasteiger charge is -2.01. The predicted molar refractivity (Wildman–Crippen MR) is 126 cm³/mol. The Labute approximate surface area is 191 Å². The number of rotatable bonds is 4. The summed E-state index contributed by atoms with van der Waals surface area (Å²) in [5, 5.41) is 20.3. The van der Waals surface area contributed by atoms with Gasteiger partial charge in [-0.05, 0) is 30.3 Å². The Bertz CT molecular complexity index is 1580. The van der Waals surface area contributed by atoms with Crippen molar-refractivity contribution in [1.29, 1.82) is 5.26 Å². The number of aromatic nitrogens is 3. The van der Waals surface area contributed by atoms with Crippen molar-refractivity contribution in [3.8, 4) is 28.6 Å². The fraction of sp³-hybridized carbons (Fsp3) is 0. The van der Waals surface area contributed by atoms with E-state index in [4.69, 9.17) is 16.0 Å². The largest absolute Gasteiger partial charge is 0.422 e. The molecule has 8 heteroatoms. The molecule has 2 aromatic carbocycles. The van der Waals surface area contributed by atoms with Crippen LogP contribution in [0.4, 0.5) is 0 Å². The summed E-state index contributed by atoms with van der Waals surface area (Å²) in [5.41, 5.74) is 3.61. The van der Waals surface area contributed by atoms with E-state index in [2.05, 4.69) is 21.3 Å². The lowest BCUT2D eigenvalue weighted by atomic mass is 10.1. The molecule has 5 rings (SSSR count). The van der Waals surface area contributed by atoms with Gasteiger partial charge in [-0.2, -0.15) is 10.4 Å². The molecule has 0 fully saturated rings. The number of halogens is 1. The number of nitrogens with zero attached hydrogens (tertiary/aromatic N) is 3. The van der Waals surface area contributed by atoms with Crippen LogP contribution in [0, 0.1) is 11.3 Å². The maximum Gasteiger partial charge on any atom is 0.345 e. The van der Waals surface area contributed by atoms with Gasteiger partial charge >= 0.3 is 5.63 Å². The number of benzene rings is 2. The van der Waals surface area contributed by atoms with Crippen LogP contribution in [0.3, 0.4) is 0 Å². The van der Waals surface area contributed by atoms with E-state index in [9.17, 15) is 10.1 Å². The second kappa shape index (κ2) is 8.27. The van der Waals surface area contributed by atoms with Crippen LogP contribution in [0.2, 0.25) is 5.02 Å². The summed E-state index contributed by atoms with van der Waals surface area (Å²) in [6.07, 6.45) is 3.40. The number of thiazole rings is 1. The van der Waals surface area contributed by atoms with E-state index in [0.717, 1.165) is 16.8 Å². The smallest absolute Gasteiger partial charge is 0.345 e. The SMILES string of the molecule is N#CC(=Cc1cn[nH]c1-c1ccccc1)c1nc(-c2cc3cc(Cl)ccc3oc2=O)cs1. The van der Waals surface area contributed by atoms with E-state index < -0.39 is 5.63 Å². The zero-order valence-corrected chi connectivity index (χ0v) is 17.9. The Morgan fingerprint density at radius 3 is 2.84 bits per heavy atom. The standard InChI is InChI=1S/C24H13ClN4O2S/c25-18-6-7-21-15(9-18)10-19(24(30)31-21)20-13-32-23(28-20)16(11-26)8-17-12-27-29-22(17)14-4-2-1-3-5-14/h1-10,12-13H,(H,27,29). The second-order valence-electron chi connectivity index (χ2n) is 6.90. The number of hydrogen-bond donors (Lipinski definition) is 1. The van der Waals surface area contributed by atoms with E-state index >= 15 is 0 Å². The first-order valence-corrected chi connectivity index (χ1v) is 10.8. The van der Waals surface area contributed by atoms with Crippen molar-refractivity contribution in [3.05, 3.63) is 92.2 Å². The van der Waals surface area contributed by atoms with Gasteiger partial charge in [0.05, 0.1) is 28.7 Å². The first-order valence-electron chi connectivity index (χ1n) is 9.52. The highest BCUT2D eigenvalue weighted by Crippen LogP contribution is 2.30. The van der Waals surface area contributed by atoms with Crippen LogP contribution in [0.1, 0.15) is 10.6 Å². The number of nitrogens with one attached hydrogen (secondary N) is 1. The third-order valence-electron chi connectivity index (χ3n) is 4.86. The van der Waals surface area contributed by atoms with Gasteiger partial charge in [0, 0.05) is 26.9 Å². The topological polar surface area (TPSA) is 95.6 Å². The molecule has 6 nitrogen and oxygen atoms in total. The van der Waals surface area contributed by atoms with Gasteiger partial charge in [0.1, 0.15) is 16.7 Å². The molecule has 0 bridgehead atoms. The van der Waals surface area contributed by atoms with E-state index in [1.54, 1.807) is 41.9 Å². The Kier molecular flexibility index (Phi) is 5.15. The van der Waals surface area contributed by atoms with Gasteiger partial charge in [-0.15, -0.1) is 11.3 Å². The minimum atomic E-state index is -0.500. The van der Waals surface area contributed by atoms with Crippen LogP contribution in [0.15, 0.2) is 75.4 Å². The van der Waals surface area contributed by atoms with Crippen molar-refractivity contribution < 1.29 is 4.42 Å². The van der Waals surface area contributed by atoms with Crippen LogP contribution in [0.25, 0.3) is 45.1 Å². The molecule has 0 unspecified atom stereocenters. The van der Waals surface area contributed by atoms with Crippen LogP contribution in [0.5, 0.6) is 0 Å². The van der Waals surface area contributed by atoms with Crippen molar-refractivity contribution in [2.75, 3.05) is 0 Å². The molecule has 0 amide bonds. The van der Waals surface area contributed by atoms with Gasteiger partial charge < -0.3 is 4.42 Å². The molecule has 32 heavy (non-hydrogen) atoms. The summed E-state index contributed by atoms with van der Waals surface area (Å²) < 4.78 is 5.41. The van der Waals surface area contributed by atoms with Crippen molar-refractivity contribution >= 4 is 45.6 Å². The molecule has 0 aliphatic carbocycles. The summed E-state index contributed by atoms with van der Waals surface area (Å²) in [7, 11) is 0. The fourth-order valence-corrected chi connectivity index (χ4v) is 4.30. The zero-order chi connectivity index (χ0) is 22.1. The Balaban J connectivity index is 1.54. The molecule has 1 N–H and O–H groups in total. The number of nitriles is 1. The fourth-order valence-electron chi connectivity index (χ4n) is 3.33. The summed E-state index contributed by atoms with van der Waals surface area (Å²) in [5.74, 6) is 0. The van der Waals surface area contributed by atoms with Crippen molar-refractivity contribution in [1.82, 2.24) is 15.2 Å². The van der Waals surface area contributed by atoms with Gasteiger partial charge in [-0.3, -0.25) is 5.10 Å². The Morgan fingerprint density at radius 1 is 1.19 bits per heavy atom. The zero-order valence-electron chi connectivity index (χ0n) is 16.4. The molecular weight excluding hydrogens is 444 g/mol. The average Bonchev–Trinajstić information content (AvgIpc) is 3.47. The monoisotopic (exact) mass is 456 g/mol. The number of H-pyrrole nitrogens is 1. The number of hydrogen-bond acceptors (Lipinski definition) is 6. The van der Waals surface area contributed by atoms with E-state index in [1.165, 1.54) is 11.3 Å². The first-order chi connectivity index (χ1) is 15.6. The van der Waals surface area contributed by atoms with Crippen molar-refractivity contribution in [3.63, 3.8) is 0 Å². The van der Waals surface area contributed by atoms with Gasteiger partial charge in [-0.1, -0.05) is 41.9 Å². The van der Waals surface area contributed by atoms with Gasteiger partial charge in [0.15, 0.2) is 0 Å². The van der Waals surface area contributed by atoms with Crippen LogP contribution in [-0.4, -0.2) is 15.2 Å². The summed E-state index contributed by atoms with van der Waals surface area (Å²) in [6, 6.07) is 18.7. The van der Waals surface area contributed by atoms with Crippen LogP contribution < -0.4 is 5.63 Å². The molecule has 0 saturated carbocycles. The molecule has 3 heterocycles. The lowest BCUT2D eigenvalue weighted by Crippen LogP contribution is -2.02. The van der Waals surface area contributed by atoms with E-state index in [1.807, 2.05) is 30.3 Å². The van der Waals surface area contributed by atoms with Gasteiger partial charge in [-0.25, -0.2) is 9.78 Å². The minimum Gasteiger partial charge on any atom is -0.422 e. The number of allylic oxidation sites excluding steroid dienone is 1. The molecule has 0 aliphatic heterocycles. The Morgan fingerprint density at radius 2 is 2.03 bits per heavy atom. The summed E-state index contributed by atoms with van der Waals surface area (Å²) >= 11 is 7.34. The molecule has 3 aromatic heterocycles. The lowest BCUT2D eigenvalue weighted by molar-refractivity contribution is 0.563. The molecule has 0 spiro atoms. The maximum atomic E-state index is 12.5. The normalized spacial score (nSPS) is 11.6. The molecule has 154 valence electrons. The minimum absolute atomic E-state index is 0.313. The highest BCUT2D eigenvalue weighted by Gasteiger charge is 2.15. The second-order valence-corrected chi connectivity index (χ2v) is 8.20. The first kappa shape index (κ1) is 19.9. The predicted octanol–water partition coefficient (Wildman–Crippen LogP) is 6.02. The van der Waals surface area contributed by atoms with Crippen molar-refractivity contribution in [2.24, 2.45) is 0 Å². The molecule has 5 aromatic rings. The number of aromatic amines is 1. The highest BCUT2D eigenvalue weighted by molar-refractivity contribution is 7.11. The highest BCUT2D eigenvalue weighted by atomic mass is 35.5. The Hall–Kier alpha value is -3.99. The van der Waals surface area contributed by atoms with E-state index in [0.29, 0.717) is 37.8 Å². The van der Waals surface area contributed by atoms with Gasteiger partial charge in [0.2, 0.25) is 0 Å². The van der Waals surface area contributed by atoms with Crippen molar-refractivity contribution in [2.45, 2.75) is 0 Å². The average molecular weight is 457 g/mol. The number of fused-ring (bicyclic) bond motifs is 1. The summed E-state index contributed by atoms with van der Waals surface area (Å²) in [6.45, 7) is 0. The maximum absolute atomic E-state index is 12.5. The molecule has 0 saturated heterocycles. The quantitative estimate of drug-likeness (QED) is 0.263. The third-order valence-corrected chi connectivity index (χ3v) is 5.97. The molecule has 0 aliphatic rings. The third kappa shape index (κ3) is 3.73. The van der Waals surface area contributed by atoms with Crippen LogP contribution >= 0.6 is 22.9 Å². The molecule has 0 atom stereocenters. The van der Waals surface area contributed by atoms with Crippen LogP contribution in [-0.2, 0) is 0 Å². The molecule has 0 radical (unpaired) electrons. The van der Waals surface area contributed by atoms with Gasteiger partial charge in [0.25, 0.3) is 0 Å². The molecular formula is C24H13ClN4O2S.